The van der Waals surface area contributed by atoms with Crippen molar-refractivity contribution in [2.45, 2.75) is 6.61 Å². The van der Waals surface area contributed by atoms with Gasteiger partial charge in [0.2, 0.25) is 0 Å². The van der Waals surface area contributed by atoms with Crippen LogP contribution in [0.3, 0.4) is 0 Å². The Balaban J connectivity index is 2.01. The normalized spacial score (nSPS) is 10.0. The maximum Gasteiger partial charge on any atom is 0.340 e. The molecule has 0 saturated carbocycles. The molecular weight excluding hydrogens is 224 g/mol. The fourth-order valence-electron chi connectivity index (χ4n) is 1.21. The van der Waals surface area contributed by atoms with Gasteiger partial charge in [0.15, 0.2) is 0 Å². The Hall–Kier alpha value is -1.88. The van der Waals surface area contributed by atoms with Crippen molar-refractivity contribution in [1.29, 1.82) is 0 Å². The Bertz CT molecular complexity index is 482. The summed E-state index contributed by atoms with van der Waals surface area (Å²) in [6.07, 6.45) is 1.67. The Labute approximate surface area is 96.7 Å². The van der Waals surface area contributed by atoms with Gasteiger partial charge in [0.25, 0.3) is 0 Å². The third kappa shape index (κ3) is 2.38. The van der Waals surface area contributed by atoms with E-state index < -0.39 is 5.97 Å². The van der Waals surface area contributed by atoms with Gasteiger partial charge in [-0.1, -0.05) is 12.1 Å². The summed E-state index contributed by atoms with van der Waals surface area (Å²) < 4.78 is 5.08. The van der Waals surface area contributed by atoms with Crippen molar-refractivity contribution >= 4 is 23.0 Å². The molecule has 4 nitrogen and oxygen atoms in total. The fourth-order valence-corrected chi connectivity index (χ4v) is 1.74. The van der Waals surface area contributed by atoms with Crippen LogP contribution in [0, 0.1) is 0 Å². The van der Waals surface area contributed by atoms with Gasteiger partial charge < -0.3 is 10.5 Å². The number of anilines is 1. The standard InChI is InChI=1S/C11H10N2O2S/c12-9-4-2-1-3-8(9)11(14)15-7-10-13-5-6-16-10/h1-6H,7,12H2. The van der Waals surface area contributed by atoms with Crippen LogP contribution in [0.15, 0.2) is 35.8 Å². The average molecular weight is 234 g/mol. The summed E-state index contributed by atoms with van der Waals surface area (Å²) in [5, 5.41) is 2.60. The smallest absolute Gasteiger partial charge is 0.340 e. The minimum atomic E-state index is -0.423. The number of carbonyl (C=O) groups is 1. The number of carbonyl (C=O) groups excluding carboxylic acids is 1. The highest BCUT2D eigenvalue weighted by Crippen LogP contribution is 2.13. The first-order valence-electron chi connectivity index (χ1n) is 4.67. The molecule has 1 aromatic carbocycles. The highest BCUT2D eigenvalue weighted by atomic mass is 32.1. The molecule has 0 amide bonds. The molecule has 0 fully saturated rings. The third-order valence-electron chi connectivity index (χ3n) is 1.99. The Morgan fingerprint density at radius 3 is 2.94 bits per heavy atom. The second kappa shape index (κ2) is 4.76. The van der Waals surface area contributed by atoms with Gasteiger partial charge in [0.1, 0.15) is 11.6 Å². The van der Waals surface area contributed by atoms with Crippen molar-refractivity contribution in [3.05, 3.63) is 46.4 Å². The number of hydrogen-bond acceptors (Lipinski definition) is 5. The molecule has 1 heterocycles. The van der Waals surface area contributed by atoms with Gasteiger partial charge in [0.05, 0.1) is 5.56 Å². The van der Waals surface area contributed by atoms with Gasteiger partial charge in [-0.3, -0.25) is 0 Å². The predicted molar refractivity (Wildman–Crippen MR) is 62.1 cm³/mol. The molecule has 0 spiro atoms. The van der Waals surface area contributed by atoms with E-state index in [9.17, 15) is 4.79 Å². The quantitative estimate of drug-likeness (QED) is 0.652. The minimum Gasteiger partial charge on any atom is -0.455 e. The van der Waals surface area contributed by atoms with Crippen molar-refractivity contribution in [3.63, 3.8) is 0 Å². The zero-order valence-corrected chi connectivity index (χ0v) is 9.24. The number of ether oxygens (including phenoxy) is 1. The number of hydrogen-bond donors (Lipinski definition) is 1. The average Bonchev–Trinajstić information content (AvgIpc) is 2.79. The molecule has 0 radical (unpaired) electrons. The molecule has 5 heteroatoms. The predicted octanol–water partition coefficient (Wildman–Crippen LogP) is 2.08. The minimum absolute atomic E-state index is 0.185. The molecule has 0 saturated heterocycles. The first-order valence-corrected chi connectivity index (χ1v) is 5.55. The van der Waals surface area contributed by atoms with E-state index in [2.05, 4.69) is 4.98 Å². The van der Waals surface area contributed by atoms with Crippen LogP contribution >= 0.6 is 11.3 Å². The van der Waals surface area contributed by atoms with Gasteiger partial charge >= 0.3 is 5.97 Å². The second-order valence-corrected chi connectivity index (χ2v) is 4.07. The van der Waals surface area contributed by atoms with E-state index in [0.29, 0.717) is 11.3 Å². The molecule has 0 aliphatic heterocycles. The summed E-state index contributed by atoms with van der Waals surface area (Å²) >= 11 is 1.44. The zero-order chi connectivity index (χ0) is 11.4. The highest BCUT2D eigenvalue weighted by Gasteiger charge is 2.10. The van der Waals surface area contributed by atoms with Crippen molar-refractivity contribution in [1.82, 2.24) is 4.98 Å². The summed E-state index contributed by atoms with van der Waals surface area (Å²) in [5.41, 5.74) is 6.47. The number of benzene rings is 1. The highest BCUT2D eigenvalue weighted by molar-refractivity contribution is 7.09. The molecule has 1 aromatic heterocycles. The number of para-hydroxylation sites is 1. The van der Waals surface area contributed by atoms with E-state index in [4.69, 9.17) is 10.5 Å². The van der Waals surface area contributed by atoms with E-state index in [-0.39, 0.29) is 6.61 Å². The van der Waals surface area contributed by atoms with Crippen LogP contribution in [0.4, 0.5) is 5.69 Å². The lowest BCUT2D eigenvalue weighted by atomic mass is 10.2. The molecule has 2 aromatic rings. The van der Waals surface area contributed by atoms with Crippen molar-refractivity contribution in [2.24, 2.45) is 0 Å². The Morgan fingerprint density at radius 2 is 2.25 bits per heavy atom. The van der Waals surface area contributed by atoms with Crippen LogP contribution in [-0.2, 0) is 11.3 Å². The largest absolute Gasteiger partial charge is 0.455 e. The fraction of sp³-hybridized carbons (Fsp3) is 0.0909. The number of rotatable bonds is 3. The van der Waals surface area contributed by atoms with Crippen molar-refractivity contribution in [2.75, 3.05) is 5.73 Å². The number of nitrogens with two attached hydrogens (primary N) is 1. The molecule has 0 unspecified atom stereocenters. The lowest BCUT2D eigenvalue weighted by molar-refractivity contribution is 0.0473. The monoisotopic (exact) mass is 234 g/mol. The molecular formula is C11H10N2O2S. The second-order valence-electron chi connectivity index (χ2n) is 3.09. The summed E-state index contributed by atoms with van der Waals surface area (Å²) in [6, 6.07) is 6.82. The first kappa shape index (κ1) is 10.6. The number of thiazole rings is 1. The molecule has 2 N–H and O–H groups in total. The summed E-state index contributed by atoms with van der Waals surface area (Å²) in [6.45, 7) is 0.185. The number of aromatic nitrogens is 1. The van der Waals surface area contributed by atoms with Crippen LogP contribution in [-0.4, -0.2) is 11.0 Å². The van der Waals surface area contributed by atoms with E-state index >= 15 is 0 Å². The van der Waals surface area contributed by atoms with Crippen LogP contribution in [0.1, 0.15) is 15.4 Å². The first-order chi connectivity index (χ1) is 7.77. The van der Waals surface area contributed by atoms with Crippen LogP contribution in [0.5, 0.6) is 0 Å². The van der Waals surface area contributed by atoms with Crippen LogP contribution < -0.4 is 5.73 Å². The number of nitrogens with zero attached hydrogens (tertiary/aromatic N) is 1. The van der Waals surface area contributed by atoms with Gasteiger partial charge in [-0.15, -0.1) is 11.3 Å². The molecule has 16 heavy (non-hydrogen) atoms. The maximum absolute atomic E-state index is 11.6. The Kier molecular flexibility index (Phi) is 3.16. The van der Waals surface area contributed by atoms with Crippen molar-refractivity contribution in [3.8, 4) is 0 Å². The van der Waals surface area contributed by atoms with Gasteiger partial charge in [0, 0.05) is 17.3 Å². The summed E-state index contributed by atoms with van der Waals surface area (Å²) in [4.78, 5) is 15.6. The Morgan fingerprint density at radius 1 is 1.44 bits per heavy atom. The molecule has 82 valence electrons. The number of nitrogen functional groups attached to an aromatic ring is 1. The molecule has 0 aliphatic carbocycles. The summed E-state index contributed by atoms with van der Waals surface area (Å²) in [7, 11) is 0. The van der Waals surface area contributed by atoms with E-state index in [1.165, 1.54) is 11.3 Å². The third-order valence-corrected chi connectivity index (χ3v) is 2.74. The zero-order valence-electron chi connectivity index (χ0n) is 8.42. The molecule has 2 rings (SSSR count). The lowest BCUT2D eigenvalue weighted by Gasteiger charge is -2.04. The molecule has 0 atom stereocenters. The molecule has 0 aliphatic rings. The van der Waals surface area contributed by atoms with Gasteiger partial charge in [-0.25, -0.2) is 9.78 Å². The van der Waals surface area contributed by atoms with Crippen LogP contribution in [0.2, 0.25) is 0 Å². The van der Waals surface area contributed by atoms with Gasteiger partial charge in [-0.2, -0.15) is 0 Å². The van der Waals surface area contributed by atoms with Gasteiger partial charge in [-0.05, 0) is 12.1 Å². The number of esters is 1. The van der Waals surface area contributed by atoms with Crippen molar-refractivity contribution < 1.29 is 9.53 Å². The maximum atomic E-state index is 11.6. The lowest BCUT2D eigenvalue weighted by Crippen LogP contribution is -2.07. The summed E-state index contributed by atoms with van der Waals surface area (Å²) in [5.74, 6) is -0.423. The SMILES string of the molecule is Nc1ccccc1C(=O)OCc1nccs1. The van der Waals surface area contributed by atoms with E-state index in [1.807, 2.05) is 5.38 Å². The molecule has 0 bridgehead atoms. The van der Waals surface area contributed by atoms with Crippen LogP contribution in [0.25, 0.3) is 0 Å². The van der Waals surface area contributed by atoms with E-state index in [0.717, 1.165) is 5.01 Å². The van der Waals surface area contributed by atoms with E-state index in [1.54, 1.807) is 30.5 Å². The topological polar surface area (TPSA) is 65.2 Å².